The highest BCUT2D eigenvalue weighted by atomic mass is 35.5. The highest BCUT2D eigenvalue weighted by molar-refractivity contribution is 6.32. The third kappa shape index (κ3) is 3.36. The van der Waals surface area contributed by atoms with Gasteiger partial charge < -0.3 is 5.11 Å². The number of carbonyl (C=O) groups is 1. The second-order valence-electron chi connectivity index (χ2n) is 12.9. The molecule has 3 aliphatic heterocycles. The molecule has 3 heterocycles. The first-order chi connectivity index (χ1) is 21.9. The Morgan fingerprint density at radius 2 is 1.51 bits per heavy atom. The molecule has 4 aliphatic rings. The maximum absolute atomic E-state index is 15.6. The number of aliphatic hydroxyl groups is 1. The van der Waals surface area contributed by atoms with Gasteiger partial charge >= 0.3 is 0 Å². The number of rotatable bonds is 4. The molecule has 4 nitrogen and oxygen atoms in total. The molecule has 3 fully saturated rings. The first-order valence-corrected chi connectivity index (χ1v) is 16.2. The molecule has 1 unspecified atom stereocenters. The smallest absolute Gasteiger partial charge is 0.170 e. The van der Waals surface area contributed by atoms with E-state index in [1.807, 2.05) is 78.9 Å². The summed E-state index contributed by atoms with van der Waals surface area (Å²) in [5.74, 6) is -0.303. The number of hydrogen-bond donors (Lipinski definition) is 2. The Bertz CT molecular complexity index is 2070. The minimum absolute atomic E-state index is 0.0346. The number of Topliss-reactive ketones (excluding diaryl/α,β-unsaturated/α-hetero) is 1. The Balaban J connectivity index is 1.37. The fourth-order valence-electron chi connectivity index (χ4n) is 9.43. The average molecular weight is 630 g/mol. The molecule has 2 spiro atoms. The summed E-state index contributed by atoms with van der Waals surface area (Å²) < 4.78 is 0. The lowest BCUT2D eigenvalue weighted by Gasteiger charge is -2.44. The Hall–Kier alpha value is -3.77. The molecule has 1 aliphatic carbocycles. The molecule has 9 rings (SSSR count). The van der Waals surface area contributed by atoms with Crippen molar-refractivity contribution in [1.29, 1.82) is 0 Å². The van der Waals surface area contributed by atoms with Crippen molar-refractivity contribution in [3.05, 3.63) is 159 Å². The molecule has 2 N–H and O–H groups in total. The summed E-state index contributed by atoms with van der Waals surface area (Å²) in [6.45, 7) is 0.690. The number of fused-ring (bicyclic) bond motifs is 3. The largest absolute Gasteiger partial charge is 0.369 e. The van der Waals surface area contributed by atoms with Gasteiger partial charge in [-0.25, -0.2) is 0 Å². The summed E-state index contributed by atoms with van der Waals surface area (Å²) in [4.78, 5) is 17.7. The highest BCUT2D eigenvalue weighted by Crippen LogP contribution is 2.74. The van der Waals surface area contributed by atoms with Crippen LogP contribution in [0.25, 0.3) is 16.8 Å². The second-order valence-corrected chi connectivity index (χ2v) is 13.7. The van der Waals surface area contributed by atoms with E-state index >= 15 is 4.79 Å². The molecule has 0 radical (unpaired) electrons. The van der Waals surface area contributed by atoms with E-state index < -0.39 is 16.7 Å². The molecule has 45 heavy (non-hydrogen) atoms. The summed E-state index contributed by atoms with van der Waals surface area (Å²) in [6.07, 6.45) is 2.59. The number of halogens is 2. The minimum Gasteiger partial charge on any atom is -0.369 e. The number of piperidine rings is 1. The average Bonchev–Trinajstić information content (AvgIpc) is 3.53. The fourth-order valence-corrected chi connectivity index (χ4v) is 9.87. The van der Waals surface area contributed by atoms with E-state index in [0.717, 1.165) is 38.6 Å². The zero-order valence-electron chi connectivity index (χ0n) is 24.4. The number of nitrogens with one attached hydrogen (secondary N) is 1. The van der Waals surface area contributed by atoms with Gasteiger partial charge in [-0.05, 0) is 57.7 Å². The third-order valence-corrected chi connectivity index (χ3v) is 11.6. The van der Waals surface area contributed by atoms with Crippen LogP contribution < -0.4 is 5.32 Å². The lowest BCUT2D eigenvalue weighted by molar-refractivity contribution is -0.139. The van der Waals surface area contributed by atoms with Crippen molar-refractivity contribution >= 4 is 45.8 Å². The predicted molar refractivity (Wildman–Crippen MR) is 179 cm³/mol. The molecule has 5 aromatic carbocycles. The molecular formula is C39H30Cl2N2O2. The van der Waals surface area contributed by atoms with Crippen LogP contribution in [0.15, 0.2) is 121 Å². The summed E-state index contributed by atoms with van der Waals surface area (Å²) in [6, 6.07) is 38.1. The van der Waals surface area contributed by atoms with Crippen LogP contribution in [0.1, 0.15) is 33.7 Å². The highest BCUT2D eigenvalue weighted by Gasteiger charge is 2.84. The topological polar surface area (TPSA) is 52.6 Å². The van der Waals surface area contributed by atoms with E-state index in [0.29, 0.717) is 35.1 Å². The van der Waals surface area contributed by atoms with Crippen LogP contribution in [0.2, 0.25) is 10.0 Å². The number of nitrogens with zero attached hydrogens (tertiary/aromatic N) is 1. The van der Waals surface area contributed by atoms with Gasteiger partial charge in [0.05, 0.1) is 5.41 Å². The minimum atomic E-state index is -1.48. The number of ketones is 1. The number of benzene rings is 5. The van der Waals surface area contributed by atoms with E-state index in [-0.39, 0.29) is 17.7 Å². The normalized spacial score (nSPS) is 31.8. The zero-order chi connectivity index (χ0) is 30.6. The summed E-state index contributed by atoms with van der Waals surface area (Å²) in [5, 5.41) is 20.8. The van der Waals surface area contributed by atoms with Crippen LogP contribution in [0.5, 0.6) is 0 Å². The maximum Gasteiger partial charge on any atom is 0.170 e. The quantitative estimate of drug-likeness (QED) is 0.203. The first kappa shape index (κ1) is 27.5. The Morgan fingerprint density at radius 1 is 0.822 bits per heavy atom. The van der Waals surface area contributed by atoms with Crippen LogP contribution in [-0.2, 0) is 22.5 Å². The fraction of sp³-hybridized carbons (Fsp3) is 0.205. The molecule has 5 aromatic rings. The van der Waals surface area contributed by atoms with Crippen molar-refractivity contribution < 1.29 is 9.90 Å². The Morgan fingerprint density at radius 3 is 2.27 bits per heavy atom. The molecule has 0 saturated carbocycles. The molecule has 0 amide bonds. The van der Waals surface area contributed by atoms with Crippen molar-refractivity contribution in [3.8, 4) is 0 Å². The van der Waals surface area contributed by atoms with E-state index in [4.69, 9.17) is 23.2 Å². The van der Waals surface area contributed by atoms with E-state index in [2.05, 4.69) is 52.7 Å². The molecule has 2 bridgehead atoms. The van der Waals surface area contributed by atoms with Crippen molar-refractivity contribution in [1.82, 2.24) is 10.2 Å². The van der Waals surface area contributed by atoms with Crippen LogP contribution in [0.4, 0.5) is 0 Å². The standard InChI is InChI=1S/C39H30Cl2N2O2/c40-31-18-6-4-12-26(31)21-27-22-43-23-37(36(27)44)35(28-15-5-7-19-32(28)41)33(20-24-10-2-1-3-11-24)42-38(37)29-16-8-13-25-14-9-17-30(34(25)29)39(38,43)45/h1-19,21,33,35,42,45H,20,22-23H2/b27-21+/t33-,35-,37-,38+,39+/m0/s1. The van der Waals surface area contributed by atoms with Gasteiger partial charge in [0.25, 0.3) is 0 Å². The molecule has 6 atom stereocenters. The van der Waals surface area contributed by atoms with Gasteiger partial charge in [-0.2, -0.15) is 0 Å². The van der Waals surface area contributed by atoms with Crippen LogP contribution in [0, 0.1) is 5.41 Å². The predicted octanol–water partition coefficient (Wildman–Crippen LogP) is 7.47. The molecular weight excluding hydrogens is 599 g/mol. The lowest BCUT2D eigenvalue weighted by Crippen LogP contribution is -2.60. The van der Waals surface area contributed by atoms with Gasteiger partial charge in [-0.3, -0.25) is 15.0 Å². The molecule has 222 valence electrons. The maximum atomic E-state index is 15.6. The van der Waals surface area contributed by atoms with Crippen LogP contribution >= 0.6 is 23.2 Å². The van der Waals surface area contributed by atoms with Crippen LogP contribution in [0.3, 0.4) is 0 Å². The van der Waals surface area contributed by atoms with E-state index in [9.17, 15) is 5.11 Å². The molecule has 0 aromatic heterocycles. The van der Waals surface area contributed by atoms with Crippen molar-refractivity contribution in [2.45, 2.75) is 29.6 Å². The SMILES string of the molecule is O=C1/C(=C/c2ccccc2Cl)CN2C[C@]13[C@@H](c1ccccc1Cl)[C@H](Cc1ccccc1)N[C@]31c3cccc4cccc(c34)[C@]21O. The van der Waals surface area contributed by atoms with Gasteiger partial charge in [-0.15, -0.1) is 0 Å². The monoisotopic (exact) mass is 628 g/mol. The second kappa shape index (κ2) is 9.62. The first-order valence-electron chi connectivity index (χ1n) is 15.5. The third-order valence-electron chi connectivity index (χ3n) is 10.9. The number of hydrogen-bond acceptors (Lipinski definition) is 4. The van der Waals surface area contributed by atoms with Crippen molar-refractivity contribution in [3.63, 3.8) is 0 Å². The Labute approximate surface area is 271 Å². The summed E-state index contributed by atoms with van der Waals surface area (Å²) >= 11 is 13.7. The Kier molecular flexibility index (Phi) is 5.89. The van der Waals surface area contributed by atoms with Gasteiger partial charge in [0.1, 0.15) is 5.54 Å². The number of carbonyl (C=O) groups excluding carboxylic acids is 1. The zero-order valence-corrected chi connectivity index (χ0v) is 25.9. The van der Waals surface area contributed by atoms with E-state index in [1.54, 1.807) is 0 Å². The molecule has 6 heteroatoms. The van der Waals surface area contributed by atoms with Gasteiger partial charge in [-0.1, -0.05) is 126 Å². The van der Waals surface area contributed by atoms with Gasteiger partial charge in [0.2, 0.25) is 0 Å². The summed E-state index contributed by atoms with van der Waals surface area (Å²) in [7, 11) is 0. The molecule has 3 saturated heterocycles. The van der Waals surface area contributed by atoms with Gasteiger partial charge in [0, 0.05) is 46.2 Å². The van der Waals surface area contributed by atoms with Crippen molar-refractivity contribution in [2.24, 2.45) is 5.41 Å². The van der Waals surface area contributed by atoms with Crippen LogP contribution in [-0.4, -0.2) is 34.9 Å². The summed E-state index contributed by atoms with van der Waals surface area (Å²) in [5.41, 5.74) is 1.64. The van der Waals surface area contributed by atoms with Gasteiger partial charge in [0.15, 0.2) is 11.5 Å². The van der Waals surface area contributed by atoms with E-state index in [1.165, 1.54) is 0 Å². The van der Waals surface area contributed by atoms with Crippen molar-refractivity contribution in [2.75, 3.05) is 13.1 Å². The lowest BCUT2D eigenvalue weighted by atomic mass is 9.57.